The highest BCUT2D eigenvalue weighted by Crippen LogP contribution is 2.34. The number of thiophene rings is 1. The Bertz CT molecular complexity index is 665. The lowest BCUT2D eigenvalue weighted by molar-refractivity contribution is -0.124. The van der Waals surface area contributed by atoms with Crippen molar-refractivity contribution >= 4 is 39.7 Å². The monoisotopic (exact) mass is 322 g/mol. The maximum Gasteiger partial charge on any atom is 0.237 e. The molecule has 21 heavy (non-hydrogen) atoms. The maximum atomic E-state index is 12.3. The van der Waals surface area contributed by atoms with Gasteiger partial charge in [0.2, 0.25) is 5.91 Å². The van der Waals surface area contributed by atoms with Crippen molar-refractivity contribution in [2.75, 3.05) is 0 Å². The van der Waals surface area contributed by atoms with E-state index in [4.69, 9.17) is 0 Å². The van der Waals surface area contributed by atoms with Crippen LogP contribution in [0.5, 0.6) is 0 Å². The minimum Gasteiger partial charge on any atom is -0.352 e. The van der Waals surface area contributed by atoms with Crippen molar-refractivity contribution in [3.8, 4) is 0 Å². The number of hydrogen-bond donors (Lipinski definition) is 2. The molecular weight excluding hydrogens is 304 g/mol. The molecule has 1 atom stereocenters. The van der Waals surface area contributed by atoms with Crippen LogP contribution in [-0.2, 0) is 17.8 Å². The van der Waals surface area contributed by atoms with Crippen molar-refractivity contribution in [2.45, 2.75) is 44.3 Å². The first-order chi connectivity index (χ1) is 9.81. The van der Waals surface area contributed by atoms with Gasteiger partial charge in [0, 0.05) is 22.2 Å². The van der Waals surface area contributed by atoms with Crippen LogP contribution in [0.15, 0.2) is 24.3 Å². The molecule has 112 valence electrons. The molecule has 0 saturated heterocycles. The predicted molar refractivity (Wildman–Crippen MR) is 89.2 cm³/mol. The van der Waals surface area contributed by atoms with Crippen LogP contribution < -0.4 is 10.6 Å². The molecule has 2 N–H and O–H groups in total. The first-order valence-electron chi connectivity index (χ1n) is 7.34. The second-order valence-corrected chi connectivity index (χ2v) is 6.91. The van der Waals surface area contributed by atoms with E-state index < -0.39 is 0 Å². The third-order valence-corrected chi connectivity index (χ3v) is 5.68. The maximum absolute atomic E-state index is 12.3. The summed E-state index contributed by atoms with van der Waals surface area (Å²) >= 11 is 1.85. The molecule has 0 bridgehead atoms. The molecule has 3 nitrogen and oxygen atoms in total. The van der Waals surface area contributed by atoms with E-state index >= 15 is 0 Å². The summed E-state index contributed by atoms with van der Waals surface area (Å²) in [5.41, 5.74) is 1.37. The molecule has 2 aromatic rings. The van der Waals surface area contributed by atoms with E-state index in [9.17, 15) is 4.79 Å². The van der Waals surface area contributed by atoms with Gasteiger partial charge in [-0.25, -0.2) is 0 Å². The smallest absolute Gasteiger partial charge is 0.237 e. The van der Waals surface area contributed by atoms with E-state index in [0.717, 1.165) is 25.8 Å². The Kier molecular flexibility index (Phi) is 4.20. The molecule has 2 heterocycles. The normalized spacial score (nSPS) is 21.2. The molecular formula is C16H19ClN2OS. The zero-order chi connectivity index (χ0) is 13.5. The van der Waals surface area contributed by atoms with Crippen LogP contribution in [0, 0.1) is 0 Å². The number of nitrogens with one attached hydrogen (secondary N) is 2. The van der Waals surface area contributed by atoms with Crippen molar-refractivity contribution in [3.05, 3.63) is 34.7 Å². The summed E-state index contributed by atoms with van der Waals surface area (Å²) in [5, 5.41) is 7.88. The Labute approximate surface area is 134 Å². The quantitative estimate of drug-likeness (QED) is 0.892. The van der Waals surface area contributed by atoms with E-state index in [-0.39, 0.29) is 24.4 Å². The molecule has 1 aromatic carbocycles. The molecule has 1 aromatic heterocycles. The number of halogens is 1. The summed E-state index contributed by atoms with van der Waals surface area (Å²) in [6, 6.07) is 8.86. The number of amides is 1. The van der Waals surface area contributed by atoms with Gasteiger partial charge in [-0.1, -0.05) is 18.2 Å². The van der Waals surface area contributed by atoms with Crippen molar-refractivity contribution in [1.29, 1.82) is 0 Å². The van der Waals surface area contributed by atoms with E-state index in [1.54, 1.807) is 0 Å². The SMILES string of the molecule is Cl.O=C(NC1CCC1)[C@H]1Cc2c(sc3ccccc23)CN1. The standard InChI is InChI=1S/C16H18N2OS.ClH/c19-16(18-10-4-3-5-10)13-8-12-11-6-1-2-7-14(11)20-15(12)9-17-13;/h1-2,6-7,10,13,17H,3-5,8-9H2,(H,18,19);1H/t13-;/m1./s1. The number of hydrogen-bond acceptors (Lipinski definition) is 3. The van der Waals surface area contributed by atoms with Gasteiger partial charge in [0.05, 0.1) is 6.04 Å². The molecule has 2 aliphatic rings. The lowest BCUT2D eigenvalue weighted by Gasteiger charge is -2.30. The van der Waals surface area contributed by atoms with E-state index in [2.05, 4.69) is 34.9 Å². The van der Waals surface area contributed by atoms with Gasteiger partial charge in [0.25, 0.3) is 0 Å². The van der Waals surface area contributed by atoms with Gasteiger partial charge >= 0.3 is 0 Å². The third-order valence-electron chi connectivity index (χ3n) is 4.47. The Morgan fingerprint density at radius 3 is 2.86 bits per heavy atom. The van der Waals surface area contributed by atoms with Gasteiger partial charge in [0.15, 0.2) is 0 Å². The number of fused-ring (bicyclic) bond motifs is 3. The van der Waals surface area contributed by atoms with Crippen molar-refractivity contribution < 1.29 is 4.79 Å². The highest BCUT2D eigenvalue weighted by molar-refractivity contribution is 7.19. The summed E-state index contributed by atoms with van der Waals surface area (Å²) in [7, 11) is 0. The summed E-state index contributed by atoms with van der Waals surface area (Å²) in [6.45, 7) is 0.817. The molecule has 5 heteroatoms. The summed E-state index contributed by atoms with van der Waals surface area (Å²) in [5.74, 6) is 0.177. The van der Waals surface area contributed by atoms with Gasteiger partial charge in [-0.15, -0.1) is 23.7 Å². The van der Waals surface area contributed by atoms with E-state index in [0.29, 0.717) is 6.04 Å². The second-order valence-electron chi connectivity index (χ2n) is 5.77. The molecule has 4 rings (SSSR count). The molecule has 1 aliphatic heterocycles. The number of carbonyl (C=O) groups excluding carboxylic acids is 1. The fraction of sp³-hybridized carbons (Fsp3) is 0.438. The van der Waals surface area contributed by atoms with E-state index in [1.165, 1.54) is 26.9 Å². The summed E-state index contributed by atoms with van der Waals surface area (Å²) in [4.78, 5) is 13.7. The molecule has 1 amide bonds. The molecule has 0 spiro atoms. The van der Waals surface area contributed by atoms with Crippen molar-refractivity contribution in [2.24, 2.45) is 0 Å². The van der Waals surface area contributed by atoms with Crippen molar-refractivity contribution in [1.82, 2.24) is 10.6 Å². The Hall–Kier alpha value is -1.10. The van der Waals surface area contributed by atoms with Crippen LogP contribution in [0.2, 0.25) is 0 Å². The molecule has 1 fully saturated rings. The molecule has 1 saturated carbocycles. The van der Waals surface area contributed by atoms with E-state index in [1.807, 2.05) is 11.3 Å². The molecule has 1 aliphatic carbocycles. The van der Waals surface area contributed by atoms with Gasteiger partial charge < -0.3 is 10.6 Å². The van der Waals surface area contributed by atoms with Crippen LogP contribution in [0.3, 0.4) is 0 Å². The van der Waals surface area contributed by atoms with Gasteiger partial charge in [-0.3, -0.25) is 4.79 Å². The fourth-order valence-electron chi connectivity index (χ4n) is 3.05. The Morgan fingerprint density at radius 1 is 1.29 bits per heavy atom. The van der Waals surface area contributed by atoms with Crippen LogP contribution >= 0.6 is 23.7 Å². The number of rotatable bonds is 2. The average molecular weight is 323 g/mol. The highest BCUT2D eigenvalue weighted by atomic mass is 35.5. The second kappa shape index (κ2) is 5.95. The fourth-order valence-corrected chi connectivity index (χ4v) is 4.23. The van der Waals surface area contributed by atoms with Crippen LogP contribution in [0.25, 0.3) is 10.1 Å². The summed E-state index contributed by atoms with van der Waals surface area (Å²) < 4.78 is 1.33. The molecule has 0 radical (unpaired) electrons. The largest absolute Gasteiger partial charge is 0.352 e. The third kappa shape index (κ3) is 2.68. The zero-order valence-electron chi connectivity index (χ0n) is 11.7. The Balaban J connectivity index is 0.00000132. The minimum atomic E-state index is -0.0684. The predicted octanol–water partition coefficient (Wildman–Crippen LogP) is 3.01. The first-order valence-corrected chi connectivity index (χ1v) is 8.16. The zero-order valence-corrected chi connectivity index (χ0v) is 13.4. The van der Waals surface area contributed by atoms with Crippen LogP contribution in [0.4, 0.5) is 0 Å². The first kappa shape index (κ1) is 14.8. The minimum absolute atomic E-state index is 0. The highest BCUT2D eigenvalue weighted by Gasteiger charge is 2.29. The molecule has 0 unspecified atom stereocenters. The number of carbonyl (C=O) groups is 1. The van der Waals surface area contributed by atoms with Gasteiger partial charge in [-0.2, -0.15) is 0 Å². The topological polar surface area (TPSA) is 41.1 Å². The van der Waals surface area contributed by atoms with Gasteiger partial charge in [0.1, 0.15) is 0 Å². The van der Waals surface area contributed by atoms with Crippen LogP contribution in [-0.4, -0.2) is 18.0 Å². The van der Waals surface area contributed by atoms with Crippen LogP contribution in [0.1, 0.15) is 29.7 Å². The Morgan fingerprint density at radius 2 is 2.10 bits per heavy atom. The summed E-state index contributed by atoms with van der Waals surface area (Å²) in [6.07, 6.45) is 4.36. The van der Waals surface area contributed by atoms with Gasteiger partial charge in [-0.05, 0) is 42.7 Å². The lowest BCUT2D eigenvalue weighted by Crippen LogP contribution is -2.51. The lowest BCUT2D eigenvalue weighted by atomic mass is 9.92. The number of benzene rings is 1. The average Bonchev–Trinajstić information content (AvgIpc) is 2.80. The van der Waals surface area contributed by atoms with Crippen molar-refractivity contribution in [3.63, 3.8) is 0 Å².